The molecule has 3 heteroatoms. The Bertz CT molecular complexity index is 466. The van der Waals surface area contributed by atoms with Gasteiger partial charge in [0.15, 0.2) is 0 Å². The van der Waals surface area contributed by atoms with Gasteiger partial charge in [-0.15, -0.1) is 0 Å². The molecule has 0 aliphatic heterocycles. The van der Waals surface area contributed by atoms with Gasteiger partial charge in [0.1, 0.15) is 0 Å². The van der Waals surface area contributed by atoms with E-state index < -0.39 is 0 Å². The lowest BCUT2D eigenvalue weighted by Crippen LogP contribution is -2.34. The lowest BCUT2D eigenvalue weighted by Gasteiger charge is -2.24. The molecule has 1 fully saturated rings. The zero-order valence-corrected chi connectivity index (χ0v) is 12.9. The van der Waals surface area contributed by atoms with Crippen molar-refractivity contribution < 1.29 is 4.79 Å². The lowest BCUT2D eigenvalue weighted by molar-refractivity contribution is 0.0741. The number of benzene rings is 1. The van der Waals surface area contributed by atoms with Crippen molar-refractivity contribution in [3.63, 3.8) is 0 Å². The first-order valence-corrected chi connectivity index (χ1v) is 7.82. The minimum absolute atomic E-state index is 0.192. The molecule has 1 aliphatic carbocycles. The van der Waals surface area contributed by atoms with Crippen molar-refractivity contribution in [2.24, 2.45) is 0 Å². The molecular formula is C17H26N2O. The van der Waals surface area contributed by atoms with E-state index in [2.05, 4.69) is 37.1 Å². The van der Waals surface area contributed by atoms with Gasteiger partial charge in [0.2, 0.25) is 0 Å². The van der Waals surface area contributed by atoms with E-state index >= 15 is 0 Å². The summed E-state index contributed by atoms with van der Waals surface area (Å²) >= 11 is 0. The van der Waals surface area contributed by atoms with Gasteiger partial charge in [-0.2, -0.15) is 0 Å². The molecule has 0 unspecified atom stereocenters. The molecule has 0 atom stereocenters. The summed E-state index contributed by atoms with van der Waals surface area (Å²) in [5.74, 6) is 0.192. The van der Waals surface area contributed by atoms with Crippen molar-refractivity contribution in [3.8, 4) is 0 Å². The number of aryl methyl sites for hydroxylation is 1. The highest BCUT2D eigenvalue weighted by Gasteiger charge is 2.33. The molecule has 1 saturated carbocycles. The zero-order valence-electron chi connectivity index (χ0n) is 12.9. The predicted octanol–water partition coefficient (Wildman–Crippen LogP) is 3.83. The summed E-state index contributed by atoms with van der Waals surface area (Å²) in [5.41, 5.74) is 2.98. The first kappa shape index (κ1) is 14.9. The molecule has 3 nitrogen and oxygen atoms in total. The fourth-order valence-electron chi connectivity index (χ4n) is 2.50. The van der Waals surface area contributed by atoms with E-state index in [1.165, 1.54) is 5.56 Å². The van der Waals surface area contributed by atoms with Gasteiger partial charge in [-0.3, -0.25) is 4.79 Å². The Balaban J connectivity index is 2.21. The summed E-state index contributed by atoms with van der Waals surface area (Å²) in [4.78, 5) is 14.9. The number of nitrogens with one attached hydrogen (secondary N) is 1. The second kappa shape index (κ2) is 6.78. The minimum atomic E-state index is 0.192. The highest BCUT2D eigenvalue weighted by molar-refractivity contribution is 6.00. The Morgan fingerprint density at radius 3 is 2.70 bits per heavy atom. The van der Waals surface area contributed by atoms with Gasteiger partial charge >= 0.3 is 0 Å². The molecule has 1 amide bonds. The van der Waals surface area contributed by atoms with Crippen molar-refractivity contribution in [1.82, 2.24) is 4.90 Å². The topological polar surface area (TPSA) is 32.3 Å². The second-order valence-electron chi connectivity index (χ2n) is 5.66. The third kappa shape index (κ3) is 3.53. The fourth-order valence-corrected chi connectivity index (χ4v) is 2.50. The summed E-state index contributed by atoms with van der Waals surface area (Å²) in [7, 11) is 0. The van der Waals surface area contributed by atoms with Crippen LogP contribution in [0.1, 0.15) is 55.5 Å². The van der Waals surface area contributed by atoms with E-state index in [4.69, 9.17) is 0 Å². The molecule has 1 aromatic rings. The van der Waals surface area contributed by atoms with Gasteiger partial charge in [0, 0.05) is 24.8 Å². The van der Waals surface area contributed by atoms with Gasteiger partial charge in [-0.05, 0) is 50.8 Å². The number of anilines is 1. The van der Waals surface area contributed by atoms with Crippen LogP contribution in [0.5, 0.6) is 0 Å². The molecule has 1 aromatic carbocycles. The lowest BCUT2D eigenvalue weighted by atomic mass is 10.1. The number of carbonyl (C=O) groups excluding carboxylic acids is 1. The maximum atomic E-state index is 12.8. The fraction of sp³-hybridized carbons (Fsp3) is 0.588. The van der Waals surface area contributed by atoms with E-state index in [1.807, 2.05) is 12.1 Å². The number of amides is 1. The third-order valence-electron chi connectivity index (χ3n) is 3.77. The van der Waals surface area contributed by atoms with E-state index in [-0.39, 0.29) is 5.91 Å². The quantitative estimate of drug-likeness (QED) is 0.819. The van der Waals surface area contributed by atoms with Gasteiger partial charge < -0.3 is 10.2 Å². The van der Waals surface area contributed by atoms with Crippen LogP contribution in [0.15, 0.2) is 18.2 Å². The summed E-state index contributed by atoms with van der Waals surface area (Å²) in [6, 6.07) is 6.54. The zero-order chi connectivity index (χ0) is 14.5. The highest BCUT2D eigenvalue weighted by atomic mass is 16.2. The number of unbranched alkanes of at least 4 members (excludes halogenated alkanes) is 1. The van der Waals surface area contributed by atoms with Crippen molar-refractivity contribution in [2.45, 2.75) is 52.5 Å². The number of rotatable bonds is 7. The standard InChI is InChI=1S/C17H26N2O/c1-4-6-11-19(14-8-9-14)17(20)15-10-7-13(3)12-16(15)18-5-2/h7,10,12,14,18H,4-6,8-9,11H2,1-3H3. The minimum Gasteiger partial charge on any atom is -0.385 e. The Morgan fingerprint density at radius 2 is 2.10 bits per heavy atom. The number of hydrogen-bond acceptors (Lipinski definition) is 2. The van der Waals surface area contributed by atoms with Gasteiger partial charge in [0.05, 0.1) is 5.56 Å². The van der Waals surface area contributed by atoms with Crippen LogP contribution in [0.25, 0.3) is 0 Å². The van der Waals surface area contributed by atoms with Crippen LogP contribution in [0.2, 0.25) is 0 Å². The summed E-state index contributed by atoms with van der Waals surface area (Å²) in [6.45, 7) is 8.02. The van der Waals surface area contributed by atoms with Crippen LogP contribution >= 0.6 is 0 Å². The third-order valence-corrected chi connectivity index (χ3v) is 3.77. The van der Waals surface area contributed by atoms with Crippen LogP contribution in [0, 0.1) is 6.92 Å². The summed E-state index contributed by atoms with van der Waals surface area (Å²) in [5, 5.41) is 3.32. The van der Waals surface area contributed by atoms with Crippen molar-refractivity contribution >= 4 is 11.6 Å². The van der Waals surface area contributed by atoms with Gasteiger partial charge in [0.25, 0.3) is 5.91 Å². The largest absolute Gasteiger partial charge is 0.385 e. The van der Waals surface area contributed by atoms with E-state index in [1.54, 1.807) is 0 Å². The normalized spacial score (nSPS) is 14.2. The Morgan fingerprint density at radius 1 is 1.35 bits per heavy atom. The molecular weight excluding hydrogens is 248 g/mol. The molecule has 0 aromatic heterocycles. The molecule has 0 radical (unpaired) electrons. The maximum absolute atomic E-state index is 12.8. The molecule has 0 heterocycles. The molecule has 0 spiro atoms. The first-order valence-electron chi connectivity index (χ1n) is 7.82. The molecule has 110 valence electrons. The molecule has 20 heavy (non-hydrogen) atoms. The Labute approximate surface area is 122 Å². The van der Waals surface area contributed by atoms with Gasteiger partial charge in [-0.25, -0.2) is 0 Å². The highest BCUT2D eigenvalue weighted by Crippen LogP contribution is 2.30. The summed E-state index contributed by atoms with van der Waals surface area (Å²) < 4.78 is 0. The second-order valence-corrected chi connectivity index (χ2v) is 5.66. The van der Waals surface area contributed by atoms with Gasteiger partial charge in [-0.1, -0.05) is 19.4 Å². The van der Waals surface area contributed by atoms with Crippen LogP contribution in [-0.2, 0) is 0 Å². The number of carbonyl (C=O) groups is 1. The number of nitrogens with zero attached hydrogens (tertiary/aromatic N) is 1. The van der Waals surface area contributed by atoms with E-state index in [0.717, 1.165) is 50.0 Å². The molecule has 1 N–H and O–H groups in total. The van der Waals surface area contributed by atoms with Crippen LogP contribution < -0.4 is 5.32 Å². The van der Waals surface area contributed by atoms with E-state index in [0.29, 0.717) is 6.04 Å². The Hall–Kier alpha value is -1.51. The Kier molecular flexibility index (Phi) is 5.05. The number of hydrogen-bond donors (Lipinski definition) is 1. The monoisotopic (exact) mass is 274 g/mol. The van der Waals surface area contributed by atoms with Crippen LogP contribution in [0.3, 0.4) is 0 Å². The van der Waals surface area contributed by atoms with E-state index in [9.17, 15) is 4.79 Å². The molecule has 1 aliphatic rings. The molecule has 0 bridgehead atoms. The smallest absolute Gasteiger partial charge is 0.256 e. The van der Waals surface area contributed by atoms with Crippen LogP contribution in [-0.4, -0.2) is 29.9 Å². The van der Waals surface area contributed by atoms with Crippen LogP contribution in [0.4, 0.5) is 5.69 Å². The van der Waals surface area contributed by atoms with Crippen molar-refractivity contribution in [2.75, 3.05) is 18.4 Å². The first-order chi connectivity index (χ1) is 9.67. The summed E-state index contributed by atoms with van der Waals surface area (Å²) in [6.07, 6.45) is 4.55. The molecule has 2 rings (SSSR count). The van der Waals surface area contributed by atoms with Crippen molar-refractivity contribution in [1.29, 1.82) is 0 Å². The average Bonchev–Trinajstić information content (AvgIpc) is 3.24. The predicted molar refractivity (Wildman–Crippen MR) is 84.3 cm³/mol. The SMILES string of the molecule is CCCCN(C(=O)c1ccc(C)cc1NCC)C1CC1. The maximum Gasteiger partial charge on any atom is 0.256 e. The molecule has 0 saturated heterocycles. The van der Waals surface area contributed by atoms with Crippen molar-refractivity contribution in [3.05, 3.63) is 29.3 Å². The average molecular weight is 274 g/mol.